The average Bonchev–Trinajstić information content (AvgIpc) is 3.25. The maximum Gasteiger partial charge on any atom is 0.274 e. The molecule has 1 N–H and O–H groups in total. The van der Waals surface area contributed by atoms with E-state index in [2.05, 4.69) is 17.4 Å². The summed E-state index contributed by atoms with van der Waals surface area (Å²) in [4.78, 5) is 13.0. The van der Waals surface area contributed by atoms with Gasteiger partial charge in [-0.2, -0.15) is 5.10 Å². The molecule has 4 heteroatoms. The molecule has 0 aliphatic heterocycles. The van der Waals surface area contributed by atoms with E-state index in [9.17, 15) is 4.79 Å². The summed E-state index contributed by atoms with van der Waals surface area (Å²) in [6.45, 7) is 0. The maximum absolute atomic E-state index is 13.0. The number of benzene rings is 2. The Morgan fingerprint density at radius 1 is 1.00 bits per heavy atom. The normalized spacial score (nSPS) is 15.7. The summed E-state index contributed by atoms with van der Waals surface area (Å²) in [7, 11) is 0. The molecule has 0 spiro atoms. The monoisotopic (exact) mass is 343 g/mol. The number of aromatic nitrogens is 2. The highest BCUT2D eigenvalue weighted by molar-refractivity contribution is 6.03. The Morgan fingerprint density at radius 3 is 2.62 bits per heavy atom. The van der Waals surface area contributed by atoms with Crippen LogP contribution in [-0.4, -0.2) is 15.7 Å². The molecule has 3 aromatic rings. The Labute approximate surface area is 152 Å². The molecule has 2 aromatic carbocycles. The van der Waals surface area contributed by atoms with Gasteiger partial charge in [-0.05, 0) is 73.6 Å². The predicted octanol–water partition coefficient (Wildman–Crippen LogP) is 4.49. The van der Waals surface area contributed by atoms with Gasteiger partial charge in [0.05, 0.1) is 11.4 Å². The van der Waals surface area contributed by atoms with Crippen molar-refractivity contribution in [3.63, 3.8) is 0 Å². The van der Waals surface area contributed by atoms with E-state index >= 15 is 0 Å². The second kappa shape index (κ2) is 6.13. The maximum atomic E-state index is 13.0. The van der Waals surface area contributed by atoms with Crippen molar-refractivity contribution in [3.8, 4) is 5.69 Å². The van der Waals surface area contributed by atoms with Crippen molar-refractivity contribution in [1.29, 1.82) is 0 Å². The molecule has 0 atom stereocenters. The number of amides is 1. The zero-order valence-electron chi connectivity index (χ0n) is 14.6. The zero-order chi connectivity index (χ0) is 17.5. The number of nitrogens with zero attached hydrogens (tertiary/aromatic N) is 2. The minimum absolute atomic E-state index is 0.105. The Balaban J connectivity index is 1.47. The molecule has 1 amide bonds. The van der Waals surface area contributed by atoms with Gasteiger partial charge in [-0.15, -0.1) is 0 Å². The smallest absolute Gasteiger partial charge is 0.274 e. The minimum atomic E-state index is -0.105. The summed E-state index contributed by atoms with van der Waals surface area (Å²) in [6.07, 6.45) is 5.79. The standard InChI is InChI=1S/C22H21N3O/c26-22(23-18-12-11-15-5-4-6-17(15)13-18)21-14-20(16-9-10-16)24-25(21)19-7-2-1-3-8-19/h1-3,7-8,11-14,16H,4-6,9-10H2,(H,23,26). The first kappa shape index (κ1) is 15.4. The number of carbonyl (C=O) groups excluding carboxylic acids is 1. The number of nitrogens with one attached hydrogen (secondary N) is 1. The summed E-state index contributed by atoms with van der Waals surface area (Å²) in [5.41, 5.74) is 6.17. The van der Waals surface area contributed by atoms with E-state index in [1.165, 1.54) is 17.5 Å². The van der Waals surface area contributed by atoms with Gasteiger partial charge < -0.3 is 5.32 Å². The molecular formula is C22H21N3O. The van der Waals surface area contributed by atoms with Crippen LogP contribution in [-0.2, 0) is 12.8 Å². The second-order valence-corrected chi connectivity index (χ2v) is 7.27. The molecule has 130 valence electrons. The van der Waals surface area contributed by atoms with Crippen molar-refractivity contribution < 1.29 is 4.79 Å². The van der Waals surface area contributed by atoms with Gasteiger partial charge in [0, 0.05) is 11.6 Å². The molecule has 1 fully saturated rings. The van der Waals surface area contributed by atoms with Crippen LogP contribution >= 0.6 is 0 Å². The number of fused-ring (bicyclic) bond motifs is 1. The third-order valence-electron chi connectivity index (χ3n) is 5.31. The first-order valence-electron chi connectivity index (χ1n) is 9.36. The highest BCUT2D eigenvalue weighted by atomic mass is 16.2. The van der Waals surface area contributed by atoms with Crippen LogP contribution in [0.3, 0.4) is 0 Å². The number of anilines is 1. The first-order valence-corrected chi connectivity index (χ1v) is 9.36. The van der Waals surface area contributed by atoms with Gasteiger partial charge in [0.15, 0.2) is 0 Å². The fraction of sp³-hybridized carbons (Fsp3) is 0.273. The Hall–Kier alpha value is -2.88. The fourth-order valence-corrected chi connectivity index (χ4v) is 3.75. The van der Waals surface area contributed by atoms with Crippen LogP contribution in [0, 0.1) is 0 Å². The minimum Gasteiger partial charge on any atom is -0.321 e. The third-order valence-corrected chi connectivity index (χ3v) is 5.31. The molecule has 4 nitrogen and oxygen atoms in total. The van der Waals surface area contributed by atoms with Crippen LogP contribution in [0.4, 0.5) is 5.69 Å². The Morgan fingerprint density at radius 2 is 1.81 bits per heavy atom. The number of hydrogen-bond acceptors (Lipinski definition) is 2. The molecule has 0 radical (unpaired) electrons. The topological polar surface area (TPSA) is 46.9 Å². The SMILES string of the molecule is O=C(Nc1ccc2c(c1)CCC2)c1cc(C2CC2)nn1-c1ccccc1. The van der Waals surface area contributed by atoms with E-state index in [1.807, 2.05) is 42.5 Å². The largest absolute Gasteiger partial charge is 0.321 e. The lowest BCUT2D eigenvalue weighted by molar-refractivity contribution is 0.101. The first-order chi connectivity index (χ1) is 12.8. The highest BCUT2D eigenvalue weighted by Gasteiger charge is 2.29. The predicted molar refractivity (Wildman–Crippen MR) is 102 cm³/mol. The molecule has 26 heavy (non-hydrogen) atoms. The molecule has 5 rings (SSSR count). The van der Waals surface area contributed by atoms with Crippen molar-refractivity contribution in [2.24, 2.45) is 0 Å². The van der Waals surface area contributed by atoms with Gasteiger partial charge in [0.25, 0.3) is 5.91 Å². The van der Waals surface area contributed by atoms with Gasteiger partial charge in [0.2, 0.25) is 0 Å². The lowest BCUT2D eigenvalue weighted by atomic mass is 10.1. The van der Waals surface area contributed by atoms with Crippen molar-refractivity contribution in [2.75, 3.05) is 5.32 Å². The molecule has 2 aliphatic carbocycles. The van der Waals surface area contributed by atoms with Gasteiger partial charge in [-0.3, -0.25) is 4.79 Å². The Kier molecular flexibility index (Phi) is 3.63. The van der Waals surface area contributed by atoms with E-state index in [0.717, 1.165) is 42.8 Å². The molecular weight excluding hydrogens is 322 g/mol. The summed E-state index contributed by atoms with van der Waals surface area (Å²) in [5.74, 6) is 0.401. The lowest BCUT2D eigenvalue weighted by Crippen LogP contribution is -2.17. The van der Waals surface area contributed by atoms with Gasteiger partial charge in [0.1, 0.15) is 5.69 Å². The van der Waals surface area contributed by atoms with Crippen LogP contribution in [0.25, 0.3) is 5.69 Å². The second-order valence-electron chi connectivity index (χ2n) is 7.27. The molecule has 1 aromatic heterocycles. The van der Waals surface area contributed by atoms with E-state index in [0.29, 0.717) is 11.6 Å². The number of hydrogen-bond donors (Lipinski definition) is 1. The summed E-state index contributed by atoms with van der Waals surface area (Å²) in [6, 6.07) is 18.1. The number of rotatable bonds is 4. The highest BCUT2D eigenvalue weighted by Crippen LogP contribution is 2.39. The van der Waals surface area contributed by atoms with Gasteiger partial charge in [-0.1, -0.05) is 24.3 Å². The van der Waals surface area contributed by atoms with Crippen LogP contribution in [0.2, 0.25) is 0 Å². The van der Waals surface area contributed by atoms with Crippen molar-refractivity contribution >= 4 is 11.6 Å². The molecule has 0 unspecified atom stereocenters. The van der Waals surface area contributed by atoms with Crippen molar-refractivity contribution in [2.45, 2.75) is 38.0 Å². The molecule has 2 aliphatic rings. The average molecular weight is 343 g/mol. The fourth-order valence-electron chi connectivity index (χ4n) is 3.75. The van der Waals surface area contributed by atoms with Crippen LogP contribution in [0.1, 0.15) is 52.5 Å². The number of para-hydroxylation sites is 1. The van der Waals surface area contributed by atoms with Crippen LogP contribution in [0.5, 0.6) is 0 Å². The van der Waals surface area contributed by atoms with Crippen LogP contribution < -0.4 is 5.32 Å². The van der Waals surface area contributed by atoms with E-state index < -0.39 is 0 Å². The number of carbonyl (C=O) groups is 1. The zero-order valence-corrected chi connectivity index (χ0v) is 14.6. The van der Waals surface area contributed by atoms with Gasteiger partial charge >= 0.3 is 0 Å². The summed E-state index contributed by atoms with van der Waals surface area (Å²) < 4.78 is 1.77. The Bertz CT molecular complexity index is 970. The summed E-state index contributed by atoms with van der Waals surface area (Å²) in [5, 5.41) is 7.79. The van der Waals surface area contributed by atoms with E-state index in [1.54, 1.807) is 4.68 Å². The van der Waals surface area contributed by atoms with Gasteiger partial charge in [-0.25, -0.2) is 4.68 Å². The van der Waals surface area contributed by atoms with E-state index in [-0.39, 0.29) is 5.91 Å². The molecule has 0 bridgehead atoms. The lowest BCUT2D eigenvalue weighted by Gasteiger charge is -2.09. The third kappa shape index (κ3) is 2.81. The quantitative estimate of drug-likeness (QED) is 0.759. The number of aryl methyl sites for hydroxylation is 2. The summed E-state index contributed by atoms with van der Waals surface area (Å²) >= 11 is 0. The molecule has 1 saturated carbocycles. The van der Waals surface area contributed by atoms with Crippen molar-refractivity contribution in [3.05, 3.63) is 77.1 Å². The van der Waals surface area contributed by atoms with E-state index in [4.69, 9.17) is 5.10 Å². The molecule has 0 saturated heterocycles. The molecule has 1 heterocycles. The van der Waals surface area contributed by atoms with Crippen molar-refractivity contribution in [1.82, 2.24) is 9.78 Å². The van der Waals surface area contributed by atoms with Crippen LogP contribution in [0.15, 0.2) is 54.6 Å².